The minimum atomic E-state index is -0.679. The number of rotatable bonds is 5. The first-order valence-corrected chi connectivity index (χ1v) is 8.91. The lowest BCUT2D eigenvalue weighted by atomic mass is 10.1. The van der Waals surface area contributed by atoms with E-state index in [0.29, 0.717) is 28.2 Å². The minimum absolute atomic E-state index is 0.0187. The largest absolute Gasteiger partial charge is 0.467 e. The number of Topliss-reactive ketones (excluding diaryl/α,β-unsaturated/α-hetero) is 1. The molecule has 4 rings (SSSR count). The lowest BCUT2D eigenvalue weighted by Crippen LogP contribution is -2.14. The average molecular weight is 396 g/mol. The van der Waals surface area contributed by atoms with Crippen molar-refractivity contribution < 1.29 is 32.6 Å². The number of fused-ring (bicyclic) bond motifs is 1. The molecule has 148 valence electrons. The average Bonchev–Trinajstić information content (AvgIpc) is 3.22. The molecule has 0 atom stereocenters. The van der Waals surface area contributed by atoms with Crippen LogP contribution in [0, 0.1) is 5.82 Å². The van der Waals surface area contributed by atoms with Crippen LogP contribution >= 0.6 is 0 Å². The molecule has 0 bridgehead atoms. The molecule has 0 fully saturated rings. The van der Waals surface area contributed by atoms with Crippen molar-refractivity contribution >= 4 is 11.8 Å². The number of hydrogen-bond donors (Lipinski definition) is 0. The van der Waals surface area contributed by atoms with Crippen LogP contribution in [0.2, 0.25) is 0 Å². The Kier molecular flexibility index (Phi) is 5.14. The highest BCUT2D eigenvalue weighted by atomic mass is 19.1. The van der Waals surface area contributed by atoms with Crippen LogP contribution in [-0.4, -0.2) is 18.5 Å². The Hall–Kier alpha value is -3.45. The van der Waals surface area contributed by atoms with Gasteiger partial charge in [0.25, 0.3) is 0 Å². The SMILES string of the molecule is CC(=O)c1ccc(-c2ccc(C(=O)OCc3cc(F)cc4c3OCOC4)o2)cc1. The Morgan fingerprint density at radius 3 is 2.66 bits per heavy atom. The van der Waals surface area contributed by atoms with Crippen LogP contribution in [0.1, 0.15) is 39.0 Å². The van der Waals surface area contributed by atoms with Gasteiger partial charge in [0.15, 0.2) is 12.6 Å². The highest BCUT2D eigenvalue weighted by molar-refractivity contribution is 5.94. The smallest absolute Gasteiger partial charge is 0.374 e. The van der Waals surface area contributed by atoms with Gasteiger partial charge in [0, 0.05) is 22.3 Å². The number of furan rings is 1. The molecule has 0 amide bonds. The van der Waals surface area contributed by atoms with Gasteiger partial charge in [-0.15, -0.1) is 0 Å². The van der Waals surface area contributed by atoms with E-state index in [-0.39, 0.29) is 31.6 Å². The normalized spacial score (nSPS) is 12.8. The molecule has 1 aliphatic rings. The van der Waals surface area contributed by atoms with E-state index in [2.05, 4.69) is 0 Å². The van der Waals surface area contributed by atoms with E-state index in [9.17, 15) is 14.0 Å². The molecule has 0 saturated carbocycles. The first kappa shape index (κ1) is 18.9. The third-order valence-electron chi connectivity index (χ3n) is 4.49. The van der Waals surface area contributed by atoms with E-state index >= 15 is 0 Å². The van der Waals surface area contributed by atoms with Gasteiger partial charge in [-0.1, -0.05) is 24.3 Å². The summed E-state index contributed by atoms with van der Waals surface area (Å²) in [5.74, 6) is -0.216. The second-order valence-electron chi connectivity index (χ2n) is 6.54. The first-order chi connectivity index (χ1) is 14.0. The van der Waals surface area contributed by atoms with Crippen LogP contribution in [0.3, 0.4) is 0 Å². The Morgan fingerprint density at radius 2 is 1.90 bits per heavy atom. The fourth-order valence-electron chi connectivity index (χ4n) is 3.05. The summed E-state index contributed by atoms with van der Waals surface area (Å²) in [5, 5.41) is 0. The zero-order valence-electron chi connectivity index (χ0n) is 15.6. The first-order valence-electron chi connectivity index (χ1n) is 8.91. The van der Waals surface area contributed by atoms with E-state index in [1.807, 2.05) is 0 Å². The van der Waals surface area contributed by atoms with Crippen LogP contribution in [0.25, 0.3) is 11.3 Å². The molecule has 6 nitrogen and oxygen atoms in total. The Labute approximate surface area is 165 Å². The maximum absolute atomic E-state index is 13.8. The third kappa shape index (κ3) is 4.05. The highest BCUT2D eigenvalue weighted by Gasteiger charge is 2.20. The summed E-state index contributed by atoms with van der Waals surface area (Å²) in [7, 11) is 0. The van der Waals surface area contributed by atoms with Crippen LogP contribution < -0.4 is 4.74 Å². The molecule has 2 heterocycles. The van der Waals surface area contributed by atoms with Gasteiger partial charge in [-0.2, -0.15) is 0 Å². The molecule has 0 aliphatic carbocycles. The van der Waals surface area contributed by atoms with Gasteiger partial charge >= 0.3 is 5.97 Å². The van der Waals surface area contributed by atoms with Crippen molar-refractivity contribution in [3.8, 4) is 17.1 Å². The predicted octanol–water partition coefficient (Wildman–Crippen LogP) is 4.51. The second kappa shape index (κ2) is 7.89. The number of halogens is 1. The number of carbonyl (C=O) groups excluding carboxylic acids is 2. The van der Waals surface area contributed by atoms with Gasteiger partial charge in [0.2, 0.25) is 5.76 Å². The summed E-state index contributed by atoms with van der Waals surface area (Å²) >= 11 is 0. The van der Waals surface area contributed by atoms with Crippen molar-refractivity contribution in [1.29, 1.82) is 0 Å². The van der Waals surface area contributed by atoms with Gasteiger partial charge in [0.05, 0.1) is 6.61 Å². The van der Waals surface area contributed by atoms with Crippen LogP contribution in [0.4, 0.5) is 4.39 Å². The van der Waals surface area contributed by atoms with Gasteiger partial charge < -0.3 is 18.6 Å². The number of hydrogen-bond acceptors (Lipinski definition) is 6. The predicted molar refractivity (Wildman–Crippen MR) is 100.0 cm³/mol. The summed E-state index contributed by atoms with van der Waals surface area (Å²) < 4.78 is 35.2. The van der Waals surface area contributed by atoms with Crippen LogP contribution in [0.5, 0.6) is 5.75 Å². The molecule has 1 aliphatic heterocycles. The Morgan fingerprint density at radius 1 is 1.10 bits per heavy atom. The maximum Gasteiger partial charge on any atom is 0.374 e. The summed E-state index contributed by atoms with van der Waals surface area (Å²) in [4.78, 5) is 23.7. The number of carbonyl (C=O) groups is 2. The van der Waals surface area contributed by atoms with Crippen molar-refractivity contribution in [2.24, 2.45) is 0 Å². The van der Waals surface area contributed by atoms with Gasteiger partial charge in [0.1, 0.15) is 23.9 Å². The maximum atomic E-state index is 13.8. The lowest BCUT2D eigenvalue weighted by Gasteiger charge is -2.20. The number of ketones is 1. The standard InChI is InChI=1S/C22H17FO6/c1-13(24)14-2-4-15(5-3-14)19-6-7-20(29-19)22(25)27-11-17-9-18(23)8-16-10-26-12-28-21(16)17/h2-9H,10-12H2,1H3. The minimum Gasteiger partial charge on any atom is -0.467 e. The van der Waals surface area contributed by atoms with Gasteiger partial charge in [-0.05, 0) is 31.2 Å². The van der Waals surface area contributed by atoms with E-state index in [0.717, 1.165) is 5.56 Å². The number of ether oxygens (including phenoxy) is 3. The molecule has 0 N–H and O–H groups in total. The molecule has 0 saturated heterocycles. The van der Waals surface area contributed by atoms with Crippen molar-refractivity contribution in [2.45, 2.75) is 20.1 Å². The summed E-state index contributed by atoms with van der Waals surface area (Å²) in [6.45, 7) is 1.62. The summed E-state index contributed by atoms with van der Waals surface area (Å²) in [6, 6.07) is 12.6. The Bertz CT molecular complexity index is 1070. The quantitative estimate of drug-likeness (QED) is 0.467. The Balaban J connectivity index is 1.46. The van der Waals surface area contributed by atoms with E-state index < -0.39 is 11.8 Å². The molecule has 0 spiro atoms. The van der Waals surface area contributed by atoms with Crippen molar-refractivity contribution in [3.05, 3.63) is 76.8 Å². The third-order valence-corrected chi connectivity index (χ3v) is 4.49. The van der Waals surface area contributed by atoms with E-state index in [1.165, 1.54) is 25.1 Å². The number of benzene rings is 2. The van der Waals surface area contributed by atoms with E-state index in [4.69, 9.17) is 18.6 Å². The van der Waals surface area contributed by atoms with Crippen molar-refractivity contribution in [1.82, 2.24) is 0 Å². The fraction of sp³-hybridized carbons (Fsp3) is 0.182. The molecule has 29 heavy (non-hydrogen) atoms. The van der Waals surface area contributed by atoms with Crippen LogP contribution in [0.15, 0.2) is 52.9 Å². The molecule has 0 radical (unpaired) electrons. The molecular weight excluding hydrogens is 379 g/mol. The zero-order valence-corrected chi connectivity index (χ0v) is 15.6. The molecule has 1 aromatic heterocycles. The van der Waals surface area contributed by atoms with E-state index in [1.54, 1.807) is 30.3 Å². The second-order valence-corrected chi connectivity index (χ2v) is 6.54. The summed E-state index contributed by atoms with van der Waals surface area (Å²) in [6.07, 6.45) is 0. The highest BCUT2D eigenvalue weighted by Crippen LogP contribution is 2.30. The molecule has 0 unspecified atom stereocenters. The number of esters is 1. The lowest BCUT2D eigenvalue weighted by molar-refractivity contribution is -0.0183. The molecular formula is C22H17FO6. The molecule has 2 aromatic carbocycles. The van der Waals surface area contributed by atoms with Crippen molar-refractivity contribution in [2.75, 3.05) is 6.79 Å². The fourth-order valence-corrected chi connectivity index (χ4v) is 3.05. The molecule has 7 heteroatoms. The summed E-state index contributed by atoms with van der Waals surface area (Å²) in [5.41, 5.74) is 2.30. The topological polar surface area (TPSA) is 75.0 Å². The van der Waals surface area contributed by atoms with Gasteiger partial charge in [-0.3, -0.25) is 4.79 Å². The van der Waals surface area contributed by atoms with Crippen molar-refractivity contribution in [3.63, 3.8) is 0 Å². The molecule has 3 aromatic rings. The monoisotopic (exact) mass is 396 g/mol. The zero-order chi connectivity index (χ0) is 20.4. The van der Waals surface area contributed by atoms with Crippen LogP contribution in [-0.2, 0) is 22.7 Å². The van der Waals surface area contributed by atoms with Gasteiger partial charge in [-0.25, -0.2) is 9.18 Å².